The van der Waals surface area contributed by atoms with Gasteiger partial charge in [-0.3, -0.25) is 15.1 Å². The number of amides is 1. The highest BCUT2D eigenvalue weighted by Crippen LogP contribution is 1.72. The zero-order valence-electron chi connectivity index (χ0n) is 4.38. The van der Waals surface area contributed by atoms with E-state index in [1.807, 2.05) is 0 Å². The van der Waals surface area contributed by atoms with Crippen LogP contribution in [0.2, 0.25) is 0 Å². The van der Waals surface area contributed by atoms with Gasteiger partial charge in [0.2, 0.25) is 0 Å². The lowest BCUT2D eigenvalue weighted by Crippen LogP contribution is -2.32. The summed E-state index contributed by atoms with van der Waals surface area (Å²) < 4.78 is 0. The largest absolute Gasteiger partial charge is 0.370 e. The van der Waals surface area contributed by atoms with Crippen molar-refractivity contribution >= 4 is 23.8 Å². The first-order valence-electron chi connectivity index (χ1n) is 1.89. The Morgan fingerprint density at radius 2 is 2.38 bits per heavy atom. The Kier molecular flexibility index (Phi) is 3.02. The van der Waals surface area contributed by atoms with E-state index >= 15 is 0 Å². The molecule has 4 nitrogen and oxygen atoms in total. The molecule has 0 saturated carbocycles. The van der Waals surface area contributed by atoms with E-state index in [1.165, 1.54) is 7.05 Å². The highest BCUT2D eigenvalue weighted by atomic mass is 32.1. The number of hydrogen-bond donors (Lipinski definition) is 3. The second-order valence-corrected chi connectivity index (χ2v) is 1.45. The van der Waals surface area contributed by atoms with Crippen molar-refractivity contribution in [1.29, 1.82) is 0 Å². The number of hydrogen-bond acceptors (Lipinski definition) is 2. The zero-order chi connectivity index (χ0) is 6.57. The zero-order valence-corrected chi connectivity index (χ0v) is 5.27. The molecule has 0 aromatic rings. The van der Waals surface area contributed by atoms with Gasteiger partial charge in [0.05, 0.1) is 0 Å². The van der Waals surface area contributed by atoms with Gasteiger partial charge in [0.25, 0.3) is 5.24 Å². The molecule has 0 aromatic carbocycles. The fourth-order valence-corrected chi connectivity index (χ4v) is 0.280. The quantitative estimate of drug-likeness (QED) is 0.238. The number of thiol groups is 1. The summed E-state index contributed by atoms with van der Waals surface area (Å²) in [7, 11) is 1.47. The molecule has 5 heteroatoms. The normalized spacial score (nSPS) is 11.0. The standard InChI is InChI=1S/C3H7N3OS/c1-5-2(4)6-3(7)8/h1H3,(H4,4,5,6,7,8). The Balaban J connectivity index is 3.56. The maximum atomic E-state index is 10.0. The summed E-state index contributed by atoms with van der Waals surface area (Å²) in [5.41, 5.74) is 5.04. The molecule has 0 heterocycles. The maximum absolute atomic E-state index is 10.0. The van der Waals surface area contributed by atoms with Crippen LogP contribution in [0.3, 0.4) is 0 Å². The molecular weight excluding hydrogens is 126 g/mol. The Labute approximate surface area is 52.6 Å². The lowest BCUT2D eigenvalue weighted by Gasteiger charge is -1.94. The lowest BCUT2D eigenvalue weighted by atomic mass is 10.9. The summed E-state index contributed by atoms with van der Waals surface area (Å²) in [5.74, 6) is 0.0741. The molecule has 0 unspecified atom stereocenters. The highest BCUT2D eigenvalue weighted by molar-refractivity contribution is 7.96. The monoisotopic (exact) mass is 133 g/mol. The van der Waals surface area contributed by atoms with Gasteiger partial charge in [0.1, 0.15) is 0 Å². The van der Waals surface area contributed by atoms with Gasteiger partial charge in [0, 0.05) is 7.05 Å². The van der Waals surface area contributed by atoms with Crippen LogP contribution in [0, 0.1) is 0 Å². The number of carbonyl (C=O) groups is 1. The van der Waals surface area contributed by atoms with Crippen LogP contribution in [0.25, 0.3) is 0 Å². The number of carbonyl (C=O) groups excluding carboxylic acids is 1. The fraction of sp³-hybridized carbons (Fsp3) is 0.333. The Hall–Kier alpha value is -0.710. The number of rotatable bonds is 0. The van der Waals surface area contributed by atoms with Crippen molar-refractivity contribution in [3.8, 4) is 0 Å². The molecule has 8 heavy (non-hydrogen) atoms. The second-order valence-electron chi connectivity index (χ2n) is 1.04. The molecule has 1 amide bonds. The summed E-state index contributed by atoms with van der Waals surface area (Å²) in [6.07, 6.45) is 0. The van der Waals surface area contributed by atoms with Gasteiger partial charge in [-0.25, -0.2) is 0 Å². The molecule has 0 bridgehead atoms. The molecule has 0 spiro atoms. The SMILES string of the molecule is CN=C(N)NC(=O)S. The molecule has 0 rings (SSSR count). The van der Waals surface area contributed by atoms with Crippen molar-refractivity contribution in [2.75, 3.05) is 7.05 Å². The summed E-state index contributed by atoms with van der Waals surface area (Å²) in [5, 5.41) is 1.64. The van der Waals surface area contributed by atoms with Crippen LogP contribution < -0.4 is 11.1 Å². The lowest BCUT2D eigenvalue weighted by molar-refractivity contribution is 0.264. The molecule has 46 valence electrons. The van der Waals surface area contributed by atoms with Gasteiger partial charge >= 0.3 is 0 Å². The maximum Gasteiger partial charge on any atom is 0.282 e. The predicted molar refractivity (Wildman–Crippen MR) is 35.1 cm³/mol. The average Bonchev–Trinajstić information content (AvgIpc) is 1.65. The van der Waals surface area contributed by atoms with E-state index in [4.69, 9.17) is 5.73 Å². The number of nitrogens with one attached hydrogen (secondary N) is 1. The van der Waals surface area contributed by atoms with E-state index in [0.29, 0.717) is 0 Å². The van der Waals surface area contributed by atoms with Crippen LogP contribution in [-0.2, 0) is 0 Å². The minimum absolute atomic E-state index is 0.0741. The molecule has 0 radical (unpaired) electrons. The second kappa shape index (κ2) is 3.31. The van der Waals surface area contributed by atoms with Crippen LogP contribution in [0.5, 0.6) is 0 Å². The van der Waals surface area contributed by atoms with Crippen molar-refractivity contribution in [3.05, 3.63) is 0 Å². The first-order chi connectivity index (χ1) is 3.66. The van der Waals surface area contributed by atoms with E-state index in [0.717, 1.165) is 0 Å². The van der Waals surface area contributed by atoms with E-state index in [2.05, 4.69) is 22.9 Å². The van der Waals surface area contributed by atoms with Crippen molar-refractivity contribution in [1.82, 2.24) is 5.32 Å². The summed E-state index contributed by atoms with van der Waals surface area (Å²) in [6.45, 7) is 0. The third-order valence-electron chi connectivity index (χ3n) is 0.476. The minimum atomic E-state index is -0.506. The number of aliphatic imine (C=N–C) groups is 1. The molecule has 0 saturated heterocycles. The van der Waals surface area contributed by atoms with Crippen molar-refractivity contribution in [2.24, 2.45) is 10.7 Å². The topological polar surface area (TPSA) is 67.5 Å². The summed E-state index contributed by atoms with van der Waals surface area (Å²) in [4.78, 5) is 13.4. The van der Waals surface area contributed by atoms with Gasteiger partial charge < -0.3 is 5.73 Å². The van der Waals surface area contributed by atoms with E-state index < -0.39 is 5.24 Å². The number of nitrogens with two attached hydrogens (primary N) is 1. The predicted octanol–water partition coefficient (Wildman–Crippen LogP) is -0.430. The molecule has 0 aliphatic carbocycles. The summed E-state index contributed by atoms with van der Waals surface area (Å²) >= 11 is 3.38. The molecular formula is C3H7N3OS. The van der Waals surface area contributed by atoms with Crippen LogP contribution in [0.4, 0.5) is 4.79 Å². The van der Waals surface area contributed by atoms with Gasteiger partial charge in [-0.1, -0.05) is 12.6 Å². The molecule has 0 aromatic heterocycles. The molecule has 3 N–H and O–H groups in total. The minimum Gasteiger partial charge on any atom is -0.370 e. The third kappa shape index (κ3) is 3.48. The molecule has 0 aliphatic heterocycles. The van der Waals surface area contributed by atoms with Crippen LogP contribution in [-0.4, -0.2) is 18.2 Å². The first kappa shape index (κ1) is 7.29. The van der Waals surface area contributed by atoms with Gasteiger partial charge in [-0.15, -0.1) is 0 Å². The van der Waals surface area contributed by atoms with E-state index in [1.54, 1.807) is 0 Å². The van der Waals surface area contributed by atoms with E-state index in [9.17, 15) is 4.79 Å². The Morgan fingerprint density at radius 3 is 2.50 bits per heavy atom. The van der Waals surface area contributed by atoms with Gasteiger partial charge in [-0.05, 0) is 0 Å². The van der Waals surface area contributed by atoms with Crippen LogP contribution >= 0.6 is 12.6 Å². The fourth-order valence-electron chi connectivity index (χ4n) is 0.165. The van der Waals surface area contributed by atoms with Gasteiger partial charge in [0.15, 0.2) is 5.96 Å². The molecule has 0 aliphatic rings. The van der Waals surface area contributed by atoms with Crippen LogP contribution in [0.15, 0.2) is 4.99 Å². The van der Waals surface area contributed by atoms with Gasteiger partial charge in [-0.2, -0.15) is 0 Å². The van der Waals surface area contributed by atoms with Crippen molar-refractivity contribution in [3.63, 3.8) is 0 Å². The first-order valence-corrected chi connectivity index (χ1v) is 2.33. The van der Waals surface area contributed by atoms with Crippen molar-refractivity contribution < 1.29 is 4.79 Å². The smallest absolute Gasteiger partial charge is 0.282 e. The third-order valence-corrected chi connectivity index (χ3v) is 0.588. The number of guanidine groups is 1. The number of nitrogens with zero attached hydrogens (tertiary/aromatic N) is 1. The summed E-state index contributed by atoms with van der Waals surface area (Å²) in [6, 6.07) is 0. The van der Waals surface area contributed by atoms with Crippen molar-refractivity contribution in [2.45, 2.75) is 0 Å². The molecule has 0 fully saturated rings. The van der Waals surface area contributed by atoms with E-state index in [-0.39, 0.29) is 5.96 Å². The Morgan fingerprint density at radius 1 is 1.88 bits per heavy atom. The highest BCUT2D eigenvalue weighted by Gasteiger charge is 1.90. The Bertz CT molecular complexity index is 122. The van der Waals surface area contributed by atoms with Crippen LogP contribution in [0.1, 0.15) is 0 Å². The molecule has 0 atom stereocenters. The average molecular weight is 133 g/mol.